The molecule has 0 saturated carbocycles. The quantitative estimate of drug-likeness (QED) is 0.536. The maximum atomic E-state index is 11.5. The number of carbonyl (C=O) groups is 2. The van der Waals surface area contributed by atoms with Gasteiger partial charge in [-0.25, -0.2) is 4.79 Å². The van der Waals surface area contributed by atoms with Gasteiger partial charge in [0.25, 0.3) is 0 Å². The lowest BCUT2D eigenvalue weighted by molar-refractivity contribution is -0.139. The third-order valence-electron chi connectivity index (χ3n) is 1.98. The first kappa shape index (κ1) is 14.7. The maximum Gasteiger partial charge on any atom is 0.333 e. The molecule has 0 atom stereocenters. The van der Waals surface area contributed by atoms with Gasteiger partial charge in [-0.1, -0.05) is 19.9 Å². The van der Waals surface area contributed by atoms with E-state index in [0.29, 0.717) is 18.1 Å². The van der Waals surface area contributed by atoms with E-state index in [1.807, 2.05) is 13.8 Å². The molecule has 0 rings (SSSR count). The predicted octanol–water partition coefficient (Wildman–Crippen LogP) is 2.39. The van der Waals surface area contributed by atoms with Crippen LogP contribution in [-0.4, -0.2) is 23.7 Å². The Morgan fingerprint density at radius 1 is 1.31 bits per heavy atom. The molecule has 0 aromatic carbocycles. The number of allylic oxidation sites excluding steroid dienone is 1. The fourth-order valence-corrected chi connectivity index (χ4v) is 1.13. The summed E-state index contributed by atoms with van der Waals surface area (Å²) >= 11 is 0. The van der Waals surface area contributed by atoms with Crippen LogP contribution in [0.2, 0.25) is 0 Å². The topological polar surface area (TPSA) is 63.6 Å². The van der Waals surface area contributed by atoms with Gasteiger partial charge in [-0.3, -0.25) is 4.79 Å². The molecule has 0 aromatic heterocycles. The van der Waals surface area contributed by atoms with E-state index >= 15 is 0 Å². The summed E-state index contributed by atoms with van der Waals surface area (Å²) in [4.78, 5) is 21.9. The van der Waals surface area contributed by atoms with Crippen molar-refractivity contribution in [2.45, 2.75) is 40.0 Å². The Bertz CT molecular complexity index is 266. The molecule has 0 unspecified atom stereocenters. The van der Waals surface area contributed by atoms with E-state index in [2.05, 4.69) is 0 Å². The van der Waals surface area contributed by atoms with Crippen molar-refractivity contribution in [2.24, 2.45) is 5.92 Å². The average molecular weight is 228 g/mol. The summed E-state index contributed by atoms with van der Waals surface area (Å²) in [6, 6.07) is 0. The van der Waals surface area contributed by atoms with E-state index in [9.17, 15) is 9.59 Å². The van der Waals surface area contributed by atoms with Crippen molar-refractivity contribution >= 4 is 11.9 Å². The molecule has 0 amide bonds. The van der Waals surface area contributed by atoms with Crippen LogP contribution in [-0.2, 0) is 14.3 Å². The highest BCUT2D eigenvalue weighted by Gasteiger charge is 2.12. The molecule has 0 bridgehead atoms. The van der Waals surface area contributed by atoms with Gasteiger partial charge >= 0.3 is 11.9 Å². The van der Waals surface area contributed by atoms with Gasteiger partial charge < -0.3 is 9.84 Å². The summed E-state index contributed by atoms with van der Waals surface area (Å²) in [7, 11) is 0. The first-order valence-electron chi connectivity index (χ1n) is 5.55. The van der Waals surface area contributed by atoms with Gasteiger partial charge in [0.1, 0.15) is 0 Å². The normalized spacial score (nSPS) is 11.6. The standard InChI is InChI=1S/C12H20O4/c1-4-16-12(15)10(6-5-9(2)3)7-8-11(13)14/h6,9H,4-5,7-8H2,1-3H3,(H,13,14). The van der Waals surface area contributed by atoms with Crippen LogP contribution in [0.5, 0.6) is 0 Å². The molecule has 4 nitrogen and oxygen atoms in total. The monoisotopic (exact) mass is 228 g/mol. The second-order valence-corrected chi connectivity index (χ2v) is 3.97. The lowest BCUT2D eigenvalue weighted by Gasteiger charge is -2.07. The van der Waals surface area contributed by atoms with E-state index < -0.39 is 11.9 Å². The van der Waals surface area contributed by atoms with Crippen LogP contribution >= 0.6 is 0 Å². The summed E-state index contributed by atoms with van der Waals surface area (Å²) in [5, 5.41) is 8.57. The summed E-state index contributed by atoms with van der Waals surface area (Å²) in [6.07, 6.45) is 2.74. The number of hydrogen-bond acceptors (Lipinski definition) is 3. The molecule has 1 N–H and O–H groups in total. The Hall–Kier alpha value is -1.32. The van der Waals surface area contributed by atoms with Crippen molar-refractivity contribution < 1.29 is 19.4 Å². The molecular formula is C12H20O4. The number of carboxylic acids is 1. The van der Waals surface area contributed by atoms with E-state index in [1.165, 1.54) is 0 Å². The lowest BCUT2D eigenvalue weighted by atomic mass is 10.0. The van der Waals surface area contributed by atoms with Crippen molar-refractivity contribution in [3.63, 3.8) is 0 Å². The molecule has 0 aliphatic carbocycles. The summed E-state index contributed by atoms with van der Waals surface area (Å²) in [5.41, 5.74) is 0.470. The van der Waals surface area contributed by atoms with E-state index in [4.69, 9.17) is 9.84 Å². The van der Waals surface area contributed by atoms with Crippen LogP contribution in [0.1, 0.15) is 40.0 Å². The molecule has 4 heteroatoms. The third-order valence-corrected chi connectivity index (χ3v) is 1.98. The van der Waals surface area contributed by atoms with Crippen molar-refractivity contribution in [1.29, 1.82) is 0 Å². The second-order valence-electron chi connectivity index (χ2n) is 3.97. The number of hydrogen-bond donors (Lipinski definition) is 1. The minimum Gasteiger partial charge on any atom is -0.481 e. The molecule has 0 fully saturated rings. The highest BCUT2D eigenvalue weighted by atomic mass is 16.5. The Labute approximate surface area is 96.3 Å². The van der Waals surface area contributed by atoms with Gasteiger partial charge in [0.2, 0.25) is 0 Å². The van der Waals surface area contributed by atoms with Crippen LogP contribution < -0.4 is 0 Å². The van der Waals surface area contributed by atoms with Crippen LogP contribution in [0.25, 0.3) is 0 Å². The van der Waals surface area contributed by atoms with Crippen molar-refractivity contribution in [1.82, 2.24) is 0 Å². The van der Waals surface area contributed by atoms with Crippen molar-refractivity contribution in [3.05, 3.63) is 11.6 Å². The minimum atomic E-state index is -0.903. The molecule has 0 spiro atoms. The summed E-state index contributed by atoms with van der Waals surface area (Å²) in [5.74, 6) is -0.863. The lowest BCUT2D eigenvalue weighted by Crippen LogP contribution is -2.09. The van der Waals surface area contributed by atoms with E-state index in [-0.39, 0.29) is 12.8 Å². The fourth-order valence-electron chi connectivity index (χ4n) is 1.13. The minimum absolute atomic E-state index is 0.0389. The second kappa shape index (κ2) is 7.91. The SMILES string of the molecule is CCOC(=O)C(=CCC(C)C)CCC(=O)O. The number of aliphatic carboxylic acids is 1. The van der Waals surface area contributed by atoms with Gasteiger partial charge in [0, 0.05) is 12.0 Å². The Kier molecular flexibility index (Phi) is 7.25. The Morgan fingerprint density at radius 2 is 1.94 bits per heavy atom. The molecule has 0 aliphatic heterocycles. The molecule has 0 aliphatic rings. The summed E-state index contributed by atoms with van der Waals surface area (Å²) < 4.78 is 4.87. The predicted molar refractivity (Wildman–Crippen MR) is 61.0 cm³/mol. The van der Waals surface area contributed by atoms with E-state index in [0.717, 1.165) is 6.42 Å². The van der Waals surface area contributed by atoms with Crippen LogP contribution in [0.15, 0.2) is 11.6 Å². The zero-order valence-electron chi connectivity index (χ0n) is 10.2. The number of esters is 1. The van der Waals surface area contributed by atoms with Gasteiger partial charge in [-0.2, -0.15) is 0 Å². The van der Waals surface area contributed by atoms with Gasteiger partial charge in [-0.05, 0) is 25.7 Å². The van der Waals surface area contributed by atoms with Crippen LogP contribution in [0.3, 0.4) is 0 Å². The first-order chi connectivity index (χ1) is 7.47. The molecule has 0 heterocycles. The number of carbonyl (C=O) groups excluding carboxylic acids is 1. The van der Waals surface area contributed by atoms with Gasteiger partial charge in [0.05, 0.1) is 6.61 Å². The molecular weight excluding hydrogens is 208 g/mol. The number of carboxylic acid groups (broad SMARTS) is 1. The van der Waals surface area contributed by atoms with Crippen molar-refractivity contribution in [2.75, 3.05) is 6.61 Å². The fraction of sp³-hybridized carbons (Fsp3) is 0.667. The number of rotatable bonds is 7. The van der Waals surface area contributed by atoms with Crippen molar-refractivity contribution in [3.8, 4) is 0 Å². The largest absolute Gasteiger partial charge is 0.481 e. The van der Waals surface area contributed by atoms with Crippen LogP contribution in [0.4, 0.5) is 0 Å². The van der Waals surface area contributed by atoms with E-state index in [1.54, 1.807) is 13.0 Å². The smallest absolute Gasteiger partial charge is 0.333 e. The average Bonchev–Trinajstić information content (AvgIpc) is 2.17. The zero-order chi connectivity index (χ0) is 12.6. The molecule has 0 aromatic rings. The van der Waals surface area contributed by atoms with Gasteiger partial charge in [-0.15, -0.1) is 0 Å². The number of ether oxygens (including phenoxy) is 1. The molecule has 0 radical (unpaired) electrons. The zero-order valence-corrected chi connectivity index (χ0v) is 10.2. The molecule has 16 heavy (non-hydrogen) atoms. The molecule has 0 saturated heterocycles. The maximum absolute atomic E-state index is 11.5. The van der Waals surface area contributed by atoms with Crippen LogP contribution in [0, 0.1) is 5.92 Å². The molecule has 92 valence electrons. The summed E-state index contributed by atoms with van der Waals surface area (Å²) in [6.45, 7) is 6.12. The van der Waals surface area contributed by atoms with Gasteiger partial charge in [0.15, 0.2) is 0 Å². The Balaban J connectivity index is 4.42. The first-order valence-corrected chi connectivity index (χ1v) is 5.55. The highest BCUT2D eigenvalue weighted by Crippen LogP contribution is 2.12. The third kappa shape index (κ3) is 7.04. The highest BCUT2D eigenvalue weighted by molar-refractivity contribution is 5.89. The Morgan fingerprint density at radius 3 is 2.38 bits per heavy atom.